The number of carbonyl (C=O) groups excluding carboxylic acids is 1. The summed E-state index contributed by atoms with van der Waals surface area (Å²) in [5.41, 5.74) is 1.14. The average Bonchev–Trinajstić information content (AvgIpc) is 3.22. The summed E-state index contributed by atoms with van der Waals surface area (Å²) in [7, 11) is 0. The van der Waals surface area contributed by atoms with E-state index in [2.05, 4.69) is 0 Å². The lowest BCUT2D eigenvalue weighted by molar-refractivity contribution is 0.00695. The van der Waals surface area contributed by atoms with Gasteiger partial charge in [0.15, 0.2) is 0 Å². The van der Waals surface area contributed by atoms with Crippen LogP contribution >= 0.6 is 0 Å². The summed E-state index contributed by atoms with van der Waals surface area (Å²) in [5.74, 6) is -0.270. The molecule has 1 aliphatic rings. The Kier molecular flexibility index (Phi) is 10.3. The molecule has 0 aromatic heterocycles. The maximum Gasteiger partial charge on any atom is 0.338 e. The highest BCUT2D eigenvalue weighted by molar-refractivity contribution is 5.89. The van der Waals surface area contributed by atoms with E-state index in [1.165, 1.54) is 12.8 Å². The summed E-state index contributed by atoms with van der Waals surface area (Å²) in [6, 6.07) is 18.5. The third-order valence-electron chi connectivity index (χ3n) is 3.26. The van der Waals surface area contributed by atoms with E-state index in [-0.39, 0.29) is 12.6 Å². The van der Waals surface area contributed by atoms with Gasteiger partial charge in [0, 0.05) is 13.2 Å². The maximum absolute atomic E-state index is 11.4. The van der Waals surface area contributed by atoms with E-state index in [1.807, 2.05) is 69.3 Å². The van der Waals surface area contributed by atoms with Crippen LogP contribution in [0.4, 0.5) is 0 Å². The number of aliphatic hydroxyl groups is 1. The van der Waals surface area contributed by atoms with Gasteiger partial charge in [0.1, 0.15) is 5.60 Å². The molecule has 0 spiro atoms. The van der Waals surface area contributed by atoms with Crippen molar-refractivity contribution in [2.75, 3.05) is 13.2 Å². The van der Waals surface area contributed by atoms with E-state index in [0.717, 1.165) is 18.8 Å². The predicted molar refractivity (Wildman–Crippen MR) is 104 cm³/mol. The van der Waals surface area contributed by atoms with Crippen LogP contribution < -0.4 is 0 Å². The highest BCUT2D eigenvalue weighted by Gasteiger charge is 2.16. The molecule has 1 aliphatic heterocycles. The lowest BCUT2D eigenvalue weighted by Gasteiger charge is -2.19. The SMILES string of the molecule is C1CCOC1.CC(C)(C)OC(=O)c1ccccc1.OCc1ccccc1. The van der Waals surface area contributed by atoms with Gasteiger partial charge in [0.25, 0.3) is 0 Å². The van der Waals surface area contributed by atoms with Gasteiger partial charge in [-0.2, -0.15) is 0 Å². The van der Waals surface area contributed by atoms with Crippen molar-refractivity contribution in [2.24, 2.45) is 0 Å². The zero-order valence-corrected chi connectivity index (χ0v) is 16.0. The molecular weight excluding hydrogens is 328 g/mol. The van der Waals surface area contributed by atoms with E-state index in [4.69, 9.17) is 14.6 Å². The second kappa shape index (κ2) is 12.2. The highest BCUT2D eigenvalue weighted by atomic mass is 16.6. The predicted octanol–water partition coefficient (Wildman–Crippen LogP) is 4.62. The molecule has 1 saturated heterocycles. The minimum atomic E-state index is -0.424. The van der Waals surface area contributed by atoms with Crippen molar-refractivity contribution < 1.29 is 19.4 Å². The molecule has 4 heteroatoms. The first-order valence-corrected chi connectivity index (χ1v) is 8.93. The minimum absolute atomic E-state index is 0.140. The first kappa shape index (κ1) is 21.9. The fourth-order valence-corrected chi connectivity index (χ4v) is 2.00. The zero-order chi connectivity index (χ0) is 19.3. The number of hydrogen-bond donors (Lipinski definition) is 1. The van der Waals surface area contributed by atoms with E-state index < -0.39 is 5.60 Å². The summed E-state index contributed by atoms with van der Waals surface area (Å²) in [6.07, 6.45) is 2.56. The van der Waals surface area contributed by atoms with Gasteiger partial charge in [-0.1, -0.05) is 48.5 Å². The van der Waals surface area contributed by atoms with E-state index >= 15 is 0 Å². The molecule has 0 unspecified atom stereocenters. The summed E-state index contributed by atoms with van der Waals surface area (Å²) in [6.45, 7) is 7.70. The molecule has 0 saturated carbocycles. The molecule has 0 radical (unpaired) electrons. The van der Waals surface area contributed by atoms with Crippen LogP contribution in [0.1, 0.15) is 49.5 Å². The van der Waals surface area contributed by atoms with E-state index in [1.54, 1.807) is 12.1 Å². The quantitative estimate of drug-likeness (QED) is 0.796. The standard InChI is InChI=1S/C11H14O2.C7H8O.C4H8O/c1-11(2,3)13-10(12)9-7-5-4-6-8-9;8-6-7-4-2-1-3-5-7;1-2-4-5-3-1/h4-8H,1-3H3;1-5,8H,6H2;1-4H2. The van der Waals surface area contributed by atoms with Gasteiger partial charge in [-0.25, -0.2) is 4.79 Å². The zero-order valence-electron chi connectivity index (χ0n) is 16.0. The molecule has 1 heterocycles. The maximum atomic E-state index is 11.4. The van der Waals surface area contributed by atoms with Gasteiger partial charge in [0.2, 0.25) is 0 Å². The number of hydrogen-bond acceptors (Lipinski definition) is 4. The molecule has 1 fully saturated rings. The van der Waals surface area contributed by atoms with Crippen molar-refractivity contribution in [3.8, 4) is 0 Å². The fourth-order valence-electron chi connectivity index (χ4n) is 2.00. The van der Waals surface area contributed by atoms with E-state index in [9.17, 15) is 4.79 Å². The van der Waals surface area contributed by atoms with Crippen molar-refractivity contribution in [1.29, 1.82) is 0 Å². The van der Waals surface area contributed by atoms with Crippen LogP contribution in [0.2, 0.25) is 0 Å². The van der Waals surface area contributed by atoms with Crippen molar-refractivity contribution >= 4 is 5.97 Å². The first-order chi connectivity index (χ1) is 12.4. The molecule has 4 nitrogen and oxygen atoms in total. The van der Waals surface area contributed by atoms with Crippen molar-refractivity contribution in [3.05, 3.63) is 71.8 Å². The number of aliphatic hydroxyl groups excluding tert-OH is 1. The summed E-state index contributed by atoms with van der Waals surface area (Å²) in [5, 5.41) is 8.54. The third-order valence-corrected chi connectivity index (χ3v) is 3.26. The van der Waals surface area contributed by atoms with Crippen LogP contribution in [0.15, 0.2) is 60.7 Å². The molecule has 2 aromatic rings. The third kappa shape index (κ3) is 10.6. The Morgan fingerprint density at radius 1 is 0.962 bits per heavy atom. The van der Waals surface area contributed by atoms with Crippen molar-refractivity contribution in [3.63, 3.8) is 0 Å². The highest BCUT2D eigenvalue weighted by Crippen LogP contribution is 2.11. The van der Waals surface area contributed by atoms with Gasteiger partial charge in [0.05, 0.1) is 12.2 Å². The fraction of sp³-hybridized carbons (Fsp3) is 0.409. The Morgan fingerprint density at radius 2 is 1.46 bits per heavy atom. The lowest BCUT2D eigenvalue weighted by Crippen LogP contribution is -2.23. The molecule has 0 aliphatic carbocycles. The van der Waals surface area contributed by atoms with Crippen molar-refractivity contribution in [2.45, 2.75) is 45.8 Å². The van der Waals surface area contributed by atoms with Crippen LogP contribution in [0.5, 0.6) is 0 Å². The summed E-state index contributed by atoms with van der Waals surface area (Å²) in [4.78, 5) is 11.4. The number of rotatable bonds is 2. The monoisotopic (exact) mass is 358 g/mol. The number of ether oxygens (including phenoxy) is 2. The molecule has 2 aromatic carbocycles. The molecule has 0 amide bonds. The van der Waals surface area contributed by atoms with E-state index in [0.29, 0.717) is 5.56 Å². The average molecular weight is 358 g/mol. The summed E-state index contributed by atoms with van der Waals surface area (Å²) >= 11 is 0. The van der Waals surface area contributed by atoms with Crippen molar-refractivity contribution in [1.82, 2.24) is 0 Å². The molecular formula is C22H30O4. The van der Waals surface area contributed by atoms with Gasteiger partial charge in [-0.05, 0) is 51.3 Å². The molecule has 0 bridgehead atoms. The number of benzene rings is 2. The minimum Gasteiger partial charge on any atom is -0.456 e. The number of carbonyl (C=O) groups is 1. The molecule has 0 atom stereocenters. The van der Waals surface area contributed by atoms with Gasteiger partial charge < -0.3 is 14.6 Å². The van der Waals surface area contributed by atoms with Crippen LogP contribution in [-0.2, 0) is 16.1 Å². The Balaban J connectivity index is 0.000000219. The largest absolute Gasteiger partial charge is 0.456 e. The Labute approximate surface area is 156 Å². The smallest absolute Gasteiger partial charge is 0.338 e. The normalized spacial score (nSPS) is 12.9. The van der Waals surface area contributed by atoms with Crippen LogP contribution in [-0.4, -0.2) is 29.9 Å². The first-order valence-electron chi connectivity index (χ1n) is 8.93. The van der Waals surface area contributed by atoms with Gasteiger partial charge in [-0.3, -0.25) is 0 Å². The topological polar surface area (TPSA) is 55.8 Å². The summed E-state index contributed by atoms with van der Waals surface area (Å²) < 4.78 is 10.1. The second-order valence-electron chi connectivity index (χ2n) is 6.83. The lowest BCUT2D eigenvalue weighted by atomic mass is 10.2. The van der Waals surface area contributed by atoms with Gasteiger partial charge in [-0.15, -0.1) is 0 Å². The van der Waals surface area contributed by atoms with Crippen LogP contribution in [0.25, 0.3) is 0 Å². The molecule has 1 N–H and O–H groups in total. The molecule has 142 valence electrons. The Bertz CT molecular complexity index is 591. The molecule has 3 rings (SSSR count). The molecule has 26 heavy (non-hydrogen) atoms. The Hall–Kier alpha value is -2.17. The van der Waals surface area contributed by atoms with Gasteiger partial charge >= 0.3 is 5.97 Å². The van der Waals surface area contributed by atoms with Crippen LogP contribution in [0.3, 0.4) is 0 Å². The Morgan fingerprint density at radius 3 is 1.81 bits per heavy atom. The number of esters is 1. The second-order valence-corrected chi connectivity index (χ2v) is 6.83. The van der Waals surface area contributed by atoms with Crippen LogP contribution in [0, 0.1) is 0 Å².